The van der Waals surface area contributed by atoms with Gasteiger partial charge in [-0.25, -0.2) is 18.6 Å². The van der Waals surface area contributed by atoms with E-state index in [0.717, 1.165) is 5.56 Å². The van der Waals surface area contributed by atoms with E-state index in [9.17, 15) is 23.3 Å². The first-order chi connectivity index (χ1) is 16.2. The van der Waals surface area contributed by atoms with Gasteiger partial charge in [0.1, 0.15) is 5.02 Å². The fourth-order valence-electron chi connectivity index (χ4n) is 3.05. The van der Waals surface area contributed by atoms with Crippen molar-refractivity contribution >= 4 is 39.4 Å². The molecular weight excluding hydrogens is 480 g/mol. The SMILES string of the molecule is Cc1ccc(S(=O)(=O)N[C@H](CC(=O)N/N=C\c2ccc(Cl)c([N+](=O)[O-])c2)c2ccccc2)cc1. The first kappa shape index (κ1) is 25.0. The number of halogens is 1. The zero-order chi connectivity index (χ0) is 24.7. The normalized spacial score (nSPS) is 12.4. The fraction of sp³-hybridized carbons (Fsp3) is 0.130. The van der Waals surface area contributed by atoms with Crippen LogP contribution in [0.2, 0.25) is 5.02 Å². The molecule has 0 aliphatic carbocycles. The Balaban J connectivity index is 1.73. The first-order valence-corrected chi connectivity index (χ1v) is 11.9. The van der Waals surface area contributed by atoms with Crippen LogP contribution in [0, 0.1) is 17.0 Å². The highest BCUT2D eigenvalue weighted by Gasteiger charge is 2.23. The number of benzene rings is 3. The number of nitrogens with one attached hydrogen (secondary N) is 2. The van der Waals surface area contributed by atoms with Crippen LogP contribution < -0.4 is 10.1 Å². The number of nitrogens with zero attached hydrogens (tertiary/aromatic N) is 2. The number of hydrogen-bond acceptors (Lipinski definition) is 6. The summed E-state index contributed by atoms with van der Waals surface area (Å²) in [5.41, 5.74) is 3.91. The van der Waals surface area contributed by atoms with Crippen molar-refractivity contribution in [3.63, 3.8) is 0 Å². The molecule has 0 aliphatic heterocycles. The third kappa shape index (κ3) is 6.70. The van der Waals surface area contributed by atoms with Crippen molar-refractivity contribution in [1.29, 1.82) is 0 Å². The Kier molecular flexibility index (Phi) is 8.11. The summed E-state index contributed by atoms with van der Waals surface area (Å²) in [4.78, 5) is 23.0. The number of hydrogen-bond donors (Lipinski definition) is 2. The van der Waals surface area contributed by atoms with Crippen molar-refractivity contribution in [3.05, 3.63) is 105 Å². The number of carbonyl (C=O) groups excluding carboxylic acids is 1. The van der Waals surface area contributed by atoms with Gasteiger partial charge < -0.3 is 0 Å². The van der Waals surface area contributed by atoms with Crippen LogP contribution in [0.5, 0.6) is 0 Å². The van der Waals surface area contributed by atoms with E-state index >= 15 is 0 Å². The second-order valence-corrected chi connectivity index (χ2v) is 9.48. The fourth-order valence-corrected chi connectivity index (χ4v) is 4.46. The average Bonchev–Trinajstić information content (AvgIpc) is 2.80. The Hall–Kier alpha value is -3.60. The summed E-state index contributed by atoms with van der Waals surface area (Å²) in [6, 6.07) is 18.3. The van der Waals surface area contributed by atoms with E-state index in [-0.39, 0.29) is 22.0 Å². The summed E-state index contributed by atoms with van der Waals surface area (Å²) < 4.78 is 28.3. The molecule has 0 aromatic heterocycles. The minimum absolute atomic E-state index is 0.0160. The molecule has 34 heavy (non-hydrogen) atoms. The minimum Gasteiger partial charge on any atom is -0.273 e. The van der Waals surface area contributed by atoms with Gasteiger partial charge in [-0.3, -0.25) is 14.9 Å². The maximum Gasteiger partial charge on any atom is 0.288 e. The molecule has 1 atom stereocenters. The molecule has 3 rings (SSSR count). The monoisotopic (exact) mass is 500 g/mol. The zero-order valence-electron chi connectivity index (χ0n) is 18.0. The molecule has 0 heterocycles. The largest absolute Gasteiger partial charge is 0.288 e. The molecule has 0 unspecified atom stereocenters. The molecule has 0 fully saturated rings. The van der Waals surface area contributed by atoms with Crippen LogP contribution in [-0.4, -0.2) is 25.5 Å². The summed E-state index contributed by atoms with van der Waals surface area (Å²) in [6.45, 7) is 1.85. The van der Waals surface area contributed by atoms with Crippen LogP contribution in [0.3, 0.4) is 0 Å². The molecule has 176 valence electrons. The smallest absolute Gasteiger partial charge is 0.273 e. The summed E-state index contributed by atoms with van der Waals surface area (Å²) in [5, 5.41) is 14.8. The molecule has 3 aromatic carbocycles. The summed E-state index contributed by atoms with van der Waals surface area (Å²) in [5.74, 6) is -0.555. The predicted octanol–water partition coefficient (Wildman–Crippen LogP) is 4.12. The molecular formula is C23H21ClN4O5S. The second kappa shape index (κ2) is 11.0. The molecule has 0 spiro atoms. The van der Waals surface area contributed by atoms with Gasteiger partial charge >= 0.3 is 0 Å². The number of aryl methyl sites for hydroxylation is 1. The van der Waals surface area contributed by atoms with E-state index in [1.807, 2.05) is 6.92 Å². The van der Waals surface area contributed by atoms with Crippen LogP contribution in [0.4, 0.5) is 5.69 Å². The van der Waals surface area contributed by atoms with Gasteiger partial charge in [0.15, 0.2) is 0 Å². The number of carbonyl (C=O) groups is 1. The third-order valence-electron chi connectivity index (χ3n) is 4.79. The topological polar surface area (TPSA) is 131 Å². The van der Waals surface area contributed by atoms with Crippen molar-refractivity contribution in [3.8, 4) is 0 Å². The number of amides is 1. The van der Waals surface area contributed by atoms with Crippen LogP contribution in [0.15, 0.2) is 82.8 Å². The summed E-state index contributed by atoms with van der Waals surface area (Å²) >= 11 is 5.78. The Morgan fingerprint density at radius 1 is 1.12 bits per heavy atom. The van der Waals surface area contributed by atoms with E-state index in [4.69, 9.17) is 11.6 Å². The van der Waals surface area contributed by atoms with Gasteiger partial charge in [-0.15, -0.1) is 0 Å². The highest BCUT2D eigenvalue weighted by atomic mass is 35.5. The van der Waals surface area contributed by atoms with Crippen LogP contribution in [0.1, 0.15) is 29.2 Å². The maximum absolute atomic E-state index is 12.9. The molecule has 9 nitrogen and oxygen atoms in total. The zero-order valence-corrected chi connectivity index (χ0v) is 19.6. The van der Waals surface area contributed by atoms with Crippen molar-refractivity contribution in [2.24, 2.45) is 5.10 Å². The number of hydrazone groups is 1. The molecule has 0 bridgehead atoms. The molecule has 0 radical (unpaired) electrons. The van der Waals surface area contributed by atoms with Gasteiger partial charge in [0.05, 0.1) is 22.1 Å². The van der Waals surface area contributed by atoms with Gasteiger partial charge in [0.25, 0.3) is 5.69 Å². The van der Waals surface area contributed by atoms with Gasteiger partial charge in [-0.2, -0.15) is 5.10 Å². The average molecular weight is 501 g/mol. The highest BCUT2D eigenvalue weighted by Crippen LogP contribution is 2.24. The summed E-state index contributed by atoms with van der Waals surface area (Å²) in [7, 11) is -3.90. The minimum atomic E-state index is -3.90. The van der Waals surface area contributed by atoms with E-state index in [1.165, 1.54) is 36.5 Å². The number of nitro groups is 1. The molecule has 2 N–H and O–H groups in total. The van der Waals surface area contributed by atoms with Crippen LogP contribution >= 0.6 is 11.6 Å². The quantitative estimate of drug-likeness (QED) is 0.259. The lowest BCUT2D eigenvalue weighted by Crippen LogP contribution is -2.32. The van der Waals surface area contributed by atoms with Crippen molar-refractivity contribution in [1.82, 2.24) is 10.1 Å². The van der Waals surface area contributed by atoms with Crippen LogP contribution in [0.25, 0.3) is 0 Å². The Bertz CT molecular complexity index is 1310. The maximum atomic E-state index is 12.9. The lowest BCUT2D eigenvalue weighted by atomic mass is 10.0. The van der Waals surface area contributed by atoms with E-state index in [2.05, 4.69) is 15.2 Å². The van der Waals surface area contributed by atoms with Crippen LogP contribution in [-0.2, 0) is 14.8 Å². The van der Waals surface area contributed by atoms with Gasteiger partial charge in [0, 0.05) is 18.1 Å². The van der Waals surface area contributed by atoms with Crippen molar-refractivity contribution < 1.29 is 18.1 Å². The molecule has 3 aromatic rings. The molecule has 0 saturated carbocycles. The summed E-state index contributed by atoms with van der Waals surface area (Å²) in [6.07, 6.45) is 1.00. The lowest BCUT2D eigenvalue weighted by Gasteiger charge is -2.18. The molecule has 11 heteroatoms. The van der Waals surface area contributed by atoms with E-state index < -0.39 is 26.9 Å². The van der Waals surface area contributed by atoms with Crippen molar-refractivity contribution in [2.75, 3.05) is 0 Å². The standard InChI is InChI=1S/C23H21ClN4O5S/c1-16-7-10-19(11-8-16)34(32,33)27-21(18-5-3-2-4-6-18)14-23(29)26-25-15-17-9-12-20(24)22(13-17)28(30)31/h2-13,15,21,27H,14H2,1H3,(H,26,29)/b25-15-/t21-/m1/s1. The second-order valence-electron chi connectivity index (χ2n) is 7.36. The first-order valence-electron chi connectivity index (χ1n) is 10.1. The van der Waals surface area contributed by atoms with E-state index in [1.54, 1.807) is 42.5 Å². The van der Waals surface area contributed by atoms with E-state index in [0.29, 0.717) is 11.1 Å². The number of sulfonamides is 1. The molecule has 0 saturated heterocycles. The predicted molar refractivity (Wildman–Crippen MR) is 129 cm³/mol. The third-order valence-corrected chi connectivity index (χ3v) is 6.60. The molecule has 0 aliphatic rings. The van der Waals surface area contributed by atoms with Gasteiger partial charge in [0.2, 0.25) is 15.9 Å². The van der Waals surface area contributed by atoms with Gasteiger partial charge in [-0.1, -0.05) is 65.7 Å². The Morgan fingerprint density at radius 2 is 1.79 bits per heavy atom. The lowest BCUT2D eigenvalue weighted by molar-refractivity contribution is -0.384. The number of nitro benzene ring substituents is 1. The highest BCUT2D eigenvalue weighted by molar-refractivity contribution is 7.89. The molecule has 1 amide bonds. The van der Waals surface area contributed by atoms with Crippen molar-refractivity contribution in [2.45, 2.75) is 24.3 Å². The Morgan fingerprint density at radius 3 is 2.44 bits per heavy atom. The number of rotatable bonds is 9. The Labute approximate surface area is 201 Å². The van der Waals surface area contributed by atoms with Gasteiger partial charge in [-0.05, 0) is 30.7 Å².